The van der Waals surface area contributed by atoms with Gasteiger partial charge in [0.1, 0.15) is 6.04 Å². The molecule has 1 atom stereocenters. The van der Waals surface area contributed by atoms with Crippen molar-refractivity contribution in [1.29, 1.82) is 0 Å². The first-order valence-corrected chi connectivity index (χ1v) is 5.98. The molecule has 0 saturated heterocycles. The molecular formula is C10H14N2O2S. The number of nitrogens with zero attached hydrogens (tertiary/aromatic N) is 2. The average Bonchev–Trinajstić information content (AvgIpc) is 2.65. The lowest BCUT2D eigenvalue weighted by atomic mass is 10.1. The normalized spacial score (nSPS) is 18.5. The monoisotopic (exact) mass is 226 g/mol. The Morgan fingerprint density at radius 2 is 2.60 bits per heavy atom. The van der Waals surface area contributed by atoms with Gasteiger partial charge in [-0.2, -0.15) is 0 Å². The molecule has 1 unspecified atom stereocenters. The van der Waals surface area contributed by atoms with Crippen molar-refractivity contribution in [3.8, 4) is 0 Å². The van der Waals surface area contributed by atoms with E-state index in [4.69, 9.17) is 5.11 Å². The zero-order valence-corrected chi connectivity index (χ0v) is 9.46. The minimum atomic E-state index is -0.717. The van der Waals surface area contributed by atoms with E-state index in [0.717, 1.165) is 25.2 Å². The maximum absolute atomic E-state index is 11.0. The zero-order valence-electron chi connectivity index (χ0n) is 8.64. The van der Waals surface area contributed by atoms with Crippen LogP contribution in [0.5, 0.6) is 0 Å². The van der Waals surface area contributed by atoms with Crippen LogP contribution in [0.2, 0.25) is 0 Å². The Hall–Kier alpha value is -0.940. The van der Waals surface area contributed by atoms with Crippen LogP contribution in [-0.4, -0.2) is 33.5 Å². The van der Waals surface area contributed by atoms with E-state index < -0.39 is 5.97 Å². The second kappa shape index (κ2) is 4.28. The summed E-state index contributed by atoms with van der Waals surface area (Å²) in [5, 5.41) is 9.07. The van der Waals surface area contributed by atoms with Crippen molar-refractivity contribution in [3.05, 3.63) is 16.1 Å². The second-order valence-electron chi connectivity index (χ2n) is 3.70. The summed E-state index contributed by atoms with van der Waals surface area (Å²) >= 11 is 1.62. The van der Waals surface area contributed by atoms with Gasteiger partial charge in [-0.05, 0) is 6.42 Å². The number of hydrogen-bond donors (Lipinski definition) is 1. The fourth-order valence-corrected chi connectivity index (χ4v) is 2.83. The van der Waals surface area contributed by atoms with Crippen LogP contribution >= 0.6 is 11.3 Å². The van der Waals surface area contributed by atoms with Crippen molar-refractivity contribution in [2.24, 2.45) is 0 Å². The molecule has 1 N–H and O–H groups in total. The Morgan fingerprint density at radius 1 is 1.80 bits per heavy atom. The van der Waals surface area contributed by atoms with E-state index in [0.29, 0.717) is 6.42 Å². The molecule has 0 radical (unpaired) electrons. The molecule has 4 nitrogen and oxygen atoms in total. The molecule has 1 aliphatic heterocycles. The maximum atomic E-state index is 11.0. The molecule has 15 heavy (non-hydrogen) atoms. The van der Waals surface area contributed by atoms with Crippen LogP contribution in [0.15, 0.2) is 5.51 Å². The predicted octanol–water partition coefficient (Wildman–Crippen LogP) is 1.36. The summed E-state index contributed by atoms with van der Waals surface area (Å²) in [5.41, 5.74) is 2.99. The fraction of sp³-hybridized carbons (Fsp3) is 0.600. The van der Waals surface area contributed by atoms with Crippen molar-refractivity contribution in [2.75, 3.05) is 6.54 Å². The van der Waals surface area contributed by atoms with Crippen LogP contribution in [0.1, 0.15) is 23.9 Å². The first kappa shape index (κ1) is 10.6. The molecule has 0 fully saturated rings. The first-order valence-electron chi connectivity index (χ1n) is 5.10. The third-order valence-electron chi connectivity index (χ3n) is 2.82. The number of carboxylic acids is 1. The quantitative estimate of drug-likeness (QED) is 0.845. The van der Waals surface area contributed by atoms with Crippen LogP contribution in [-0.2, 0) is 17.8 Å². The minimum absolute atomic E-state index is 0.347. The number of carboxylic acid groups (broad SMARTS) is 1. The van der Waals surface area contributed by atoms with Gasteiger partial charge >= 0.3 is 5.97 Å². The van der Waals surface area contributed by atoms with Gasteiger partial charge in [-0.25, -0.2) is 4.98 Å². The molecule has 0 spiro atoms. The lowest BCUT2D eigenvalue weighted by molar-refractivity contribution is -0.143. The van der Waals surface area contributed by atoms with E-state index in [9.17, 15) is 4.79 Å². The highest BCUT2D eigenvalue weighted by atomic mass is 32.1. The van der Waals surface area contributed by atoms with E-state index in [1.54, 1.807) is 11.3 Å². The molecule has 82 valence electrons. The molecule has 2 heterocycles. The van der Waals surface area contributed by atoms with Gasteiger partial charge in [0.25, 0.3) is 0 Å². The Bertz CT molecular complexity index is 364. The Labute approximate surface area is 92.6 Å². The lowest BCUT2D eigenvalue weighted by Crippen LogP contribution is -2.43. The summed E-state index contributed by atoms with van der Waals surface area (Å²) in [5.74, 6) is -0.717. The molecule has 1 aromatic heterocycles. The standard InChI is InChI=1S/C10H14N2O2S/c1-2-8(10(13)14)12-4-3-7-9(5-12)15-6-11-7/h6,8H,2-5H2,1H3,(H,13,14). The third-order valence-corrected chi connectivity index (χ3v) is 3.68. The number of thiazole rings is 1. The maximum Gasteiger partial charge on any atom is 0.320 e. The Morgan fingerprint density at radius 3 is 3.27 bits per heavy atom. The van der Waals surface area contributed by atoms with E-state index in [2.05, 4.69) is 4.98 Å². The topological polar surface area (TPSA) is 53.4 Å². The van der Waals surface area contributed by atoms with Gasteiger partial charge < -0.3 is 5.11 Å². The summed E-state index contributed by atoms with van der Waals surface area (Å²) in [6, 6.07) is -0.347. The average molecular weight is 226 g/mol. The molecular weight excluding hydrogens is 212 g/mol. The smallest absolute Gasteiger partial charge is 0.320 e. The highest BCUT2D eigenvalue weighted by molar-refractivity contribution is 7.09. The third kappa shape index (κ3) is 2.03. The first-order chi connectivity index (χ1) is 7.22. The zero-order chi connectivity index (χ0) is 10.8. The highest BCUT2D eigenvalue weighted by Gasteiger charge is 2.28. The van der Waals surface area contributed by atoms with Crippen LogP contribution in [0.25, 0.3) is 0 Å². The number of aliphatic carboxylic acids is 1. The van der Waals surface area contributed by atoms with Crippen LogP contribution in [0.3, 0.4) is 0 Å². The van der Waals surface area contributed by atoms with Gasteiger partial charge in [-0.3, -0.25) is 9.69 Å². The van der Waals surface area contributed by atoms with E-state index in [1.165, 1.54) is 4.88 Å². The van der Waals surface area contributed by atoms with Crippen molar-refractivity contribution in [2.45, 2.75) is 32.4 Å². The van der Waals surface area contributed by atoms with Gasteiger partial charge in [0.05, 0.1) is 11.2 Å². The SMILES string of the molecule is CCC(C(=O)O)N1CCc2ncsc2C1. The number of hydrogen-bond acceptors (Lipinski definition) is 4. The summed E-state index contributed by atoms with van der Waals surface area (Å²) in [7, 11) is 0. The fourth-order valence-electron chi connectivity index (χ4n) is 1.99. The molecule has 0 bridgehead atoms. The van der Waals surface area contributed by atoms with Crippen LogP contribution < -0.4 is 0 Å². The molecule has 0 aromatic carbocycles. The van der Waals surface area contributed by atoms with Gasteiger partial charge in [-0.1, -0.05) is 6.92 Å². The van der Waals surface area contributed by atoms with Gasteiger partial charge in [0.2, 0.25) is 0 Å². The van der Waals surface area contributed by atoms with Gasteiger partial charge in [0, 0.05) is 24.4 Å². The van der Waals surface area contributed by atoms with Crippen molar-refractivity contribution >= 4 is 17.3 Å². The number of fused-ring (bicyclic) bond motifs is 1. The Balaban J connectivity index is 2.11. The van der Waals surface area contributed by atoms with Crippen LogP contribution in [0.4, 0.5) is 0 Å². The van der Waals surface area contributed by atoms with Crippen LogP contribution in [0, 0.1) is 0 Å². The molecule has 0 aliphatic carbocycles. The van der Waals surface area contributed by atoms with Gasteiger partial charge in [-0.15, -0.1) is 11.3 Å². The largest absolute Gasteiger partial charge is 0.480 e. The molecule has 5 heteroatoms. The minimum Gasteiger partial charge on any atom is -0.480 e. The molecule has 1 aliphatic rings. The predicted molar refractivity (Wildman–Crippen MR) is 57.9 cm³/mol. The van der Waals surface area contributed by atoms with E-state index in [1.807, 2.05) is 17.3 Å². The lowest BCUT2D eigenvalue weighted by Gasteiger charge is -2.30. The summed E-state index contributed by atoms with van der Waals surface area (Å²) < 4.78 is 0. The number of carbonyl (C=O) groups is 1. The highest BCUT2D eigenvalue weighted by Crippen LogP contribution is 2.23. The summed E-state index contributed by atoms with van der Waals surface area (Å²) in [6.45, 7) is 3.47. The van der Waals surface area contributed by atoms with Crippen molar-refractivity contribution in [3.63, 3.8) is 0 Å². The number of aromatic nitrogens is 1. The van der Waals surface area contributed by atoms with Crippen molar-refractivity contribution < 1.29 is 9.90 Å². The van der Waals surface area contributed by atoms with Gasteiger partial charge in [0.15, 0.2) is 0 Å². The molecule has 0 amide bonds. The van der Waals surface area contributed by atoms with E-state index >= 15 is 0 Å². The number of rotatable bonds is 3. The summed E-state index contributed by atoms with van der Waals surface area (Å²) in [6.07, 6.45) is 1.53. The molecule has 1 aromatic rings. The van der Waals surface area contributed by atoms with E-state index in [-0.39, 0.29) is 6.04 Å². The second-order valence-corrected chi connectivity index (χ2v) is 4.64. The molecule has 0 saturated carbocycles. The summed E-state index contributed by atoms with van der Waals surface area (Å²) in [4.78, 5) is 18.5. The molecule has 2 rings (SSSR count). The van der Waals surface area contributed by atoms with Crippen molar-refractivity contribution in [1.82, 2.24) is 9.88 Å². The Kier molecular flexibility index (Phi) is 3.02.